The third kappa shape index (κ3) is 2.05. The molecule has 0 bridgehead atoms. The Morgan fingerprint density at radius 1 is 1.50 bits per heavy atom. The first-order valence-electron chi connectivity index (χ1n) is 5.57. The quantitative estimate of drug-likeness (QED) is 0.768. The topological polar surface area (TPSA) is 33.2 Å². The highest BCUT2D eigenvalue weighted by Gasteiger charge is 2.25. The summed E-state index contributed by atoms with van der Waals surface area (Å²) in [4.78, 5) is 17.3. The fourth-order valence-electron chi connectivity index (χ4n) is 2.20. The van der Waals surface area contributed by atoms with Gasteiger partial charge in [0.05, 0.1) is 11.8 Å². The highest BCUT2D eigenvalue weighted by Crippen LogP contribution is 2.23. The predicted octanol–water partition coefficient (Wildman–Crippen LogP) is 2.24. The van der Waals surface area contributed by atoms with Gasteiger partial charge in [0.25, 0.3) is 5.91 Å². The summed E-state index contributed by atoms with van der Waals surface area (Å²) in [6.45, 7) is 0. The van der Waals surface area contributed by atoms with Gasteiger partial charge in [-0.2, -0.15) is 0 Å². The molecule has 86 valence electrons. The van der Waals surface area contributed by atoms with Crippen molar-refractivity contribution >= 4 is 5.91 Å². The molecule has 0 atom stereocenters. The summed E-state index contributed by atoms with van der Waals surface area (Å²) in [5, 5.41) is 0. The Hall–Kier alpha value is -1.45. The van der Waals surface area contributed by atoms with Crippen LogP contribution in [0.2, 0.25) is 0 Å². The Balaban J connectivity index is 2.15. The maximum atomic E-state index is 13.4. The van der Waals surface area contributed by atoms with Crippen molar-refractivity contribution in [2.24, 2.45) is 0 Å². The molecule has 1 saturated carbocycles. The van der Waals surface area contributed by atoms with Gasteiger partial charge in [-0.05, 0) is 18.9 Å². The molecule has 4 heteroatoms. The van der Waals surface area contributed by atoms with Crippen LogP contribution in [0, 0.1) is 5.82 Å². The largest absolute Gasteiger partial charge is 0.339 e. The van der Waals surface area contributed by atoms with E-state index in [4.69, 9.17) is 0 Å². The van der Waals surface area contributed by atoms with Gasteiger partial charge in [-0.1, -0.05) is 12.8 Å². The first kappa shape index (κ1) is 11.0. The molecule has 0 saturated heterocycles. The van der Waals surface area contributed by atoms with Crippen LogP contribution in [0.25, 0.3) is 0 Å². The zero-order valence-corrected chi connectivity index (χ0v) is 9.32. The van der Waals surface area contributed by atoms with Crippen LogP contribution in [-0.4, -0.2) is 28.9 Å². The highest BCUT2D eigenvalue weighted by molar-refractivity contribution is 5.94. The molecule has 16 heavy (non-hydrogen) atoms. The van der Waals surface area contributed by atoms with Crippen LogP contribution in [0.5, 0.6) is 0 Å². The second-order valence-electron chi connectivity index (χ2n) is 4.21. The van der Waals surface area contributed by atoms with E-state index in [1.54, 1.807) is 11.9 Å². The van der Waals surface area contributed by atoms with Crippen LogP contribution >= 0.6 is 0 Å². The smallest absolute Gasteiger partial charge is 0.256 e. The third-order valence-corrected chi connectivity index (χ3v) is 3.20. The van der Waals surface area contributed by atoms with Gasteiger partial charge in [0, 0.05) is 19.3 Å². The Morgan fingerprint density at radius 2 is 2.19 bits per heavy atom. The van der Waals surface area contributed by atoms with E-state index in [2.05, 4.69) is 4.98 Å². The van der Waals surface area contributed by atoms with E-state index in [-0.39, 0.29) is 17.5 Å². The average molecular weight is 222 g/mol. The number of amides is 1. The lowest BCUT2D eigenvalue weighted by molar-refractivity contribution is 0.0730. The van der Waals surface area contributed by atoms with E-state index in [0.29, 0.717) is 0 Å². The van der Waals surface area contributed by atoms with Crippen molar-refractivity contribution in [2.75, 3.05) is 7.05 Å². The number of hydrogen-bond acceptors (Lipinski definition) is 2. The van der Waals surface area contributed by atoms with Crippen LogP contribution < -0.4 is 0 Å². The minimum atomic E-state index is -0.544. The van der Waals surface area contributed by atoms with E-state index in [1.807, 2.05) is 0 Å². The number of hydrogen-bond donors (Lipinski definition) is 0. The summed E-state index contributed by atoms with van der Waals surface area (Å²) in [5.74, 6) is -0.788. The molecule has 3 nitrogen and oxygen atoms in total. The number of carbonyl (C=O) groups is 1. The SMILES string of the molecule is CN(C(=O)c1ccncc1F)C1CCCC1. The second-order valence-corrected chi connectivity index (χ2v) is 4.21. The first-order chi connectivity index (χ1) is 7.70. The summed E-state index contributed by atoms with van der Waals surface area (Å²) >= 11 is 0. The average Bonchev–Trinajstić information content (AvgIpc) is 2.81. The zero-order valence-electron chi connectivity index (χ0n) is 9.32. The van der Waals surface area contributed by atoms with Crippen LogP contribution in [-0.2, 0) is 0 Å². The Morgan fingerprint density at radius 3 is 2.81 bits per heavy atom. The summed E-state index contributed by atoms with van der Waals surface area (Å²) < 4.78 is 13.4. The van der Waals surface area contributed by atoms with E-state index < -0.39 is 5.82 Å². The number of aromatic nitrogens is 1. The number of pyridine rings is 1. The molecule has 0 radical (unpaired) electrons. The van der Waals surface area contributed by atoms with Crippen LogP contribution in [0.4, 0.5) is 4.39 Å². The van der Waals surface area contributed by atoms with E-state index in [9.17, 15) is 9.18 Å². The van der Waals surface area contributed by atoms with Gasteiger partial charge in [0.15, 0.2) is 5.82 Å². The van der Waals surface area contributed by atoms with Crippen molar-refractivity contribution in [1.82, 2.24) is 9.88 Å². The molecule has 2 rings (SSSR count). The van der Waals surface area contributed by atoms with Gasteiger partial charge in [-0.3, -0.25) is 9.78 Å². The molecule has 1 aliphatic rings. The summed E-state index contributed by atoms with van der Waals surface area (Å²) in [7, 11) is 1.75. The minimum Gasteiger partial charge on any atom is -0.339 e. The number of halogens is 1. The molecule has 1 aromatic heterocycles. The molecule has 1 amide bonds. The normalized spacial score (nSPS) is 16.4. The lowest BCUT2D eigenvalue weighted by Gasteiger charge is -2.24. The second kappa shape index (κ2) is 4.60. The summed E-state index contributed by atoms with van der Waals surface area (Å²) in [6, 6.07) is 1.70. The van der Waals surface area contributed by atoms with Crippen LogP contribution in [0.3, 0.4) is 0 Å². The fourth-order valence-corrected chi connectivity index (χ4v) is 2.20. The molecule has 1 heterocycles. The summed E-state index contributed by atoms with van der Waals surface area (Å²) in [6.07, 6.45) is 6.88. The monoisotopic (exact) mass is 222 g/mol. The molecule has 0 aliphatic heterocycles. The van der Waals surface area contributed by atoms with Crippen LogP contribution in [0.15, 0.2) is 18.5 Å². The van der Waals surface area contributed by atoms with E-state index in [0.717, 1.165) is 31.9 Å². The van der Waals surface area contributed by atoms with Gasteiger partial charge in [-0.25, -0.2) is 4.39 Å². The Labute approximate surface area is 94.3 Å². The Bertz CT molecular complexity index is 388. The van der Waals surface area contributed by atoms with Crippen molar-refractivity contribution in [3.63, 3.8) is 0 Å². The molecule has 1 aromatic rings. The van der Waals surface area contributed by atoms with Crippen molar-refractivity contribution in [1.29, 1.82) is 0 Å². The molecular weight excluding hydrogens is 207 g/mol. The van der Waals surface area contributed by atoms with Crippen LogP contribution in [0.1, 0.15) is 36.0 Å². The number of rotatable bonds is 2. The lowest BCUT2D eigenvalue weighted by Crippen LogP contribution is -2.35. The maximum absolute atomic E-state index is 13.4. The fraction of sp³-hybridized carbons (Fsp3) is 0.500. The third-order valence-electron chi connectivity index (χ3n) is 3.20. The Kier molecular flexibility index (Phi) is 3.17. The summed E-state index contributed by atoms with van der Waals surface area (Å²) in [5.41, 5.74) is 0.115. The molecule has 0 spiro atoms. The first-order valence-corrected chi connectivity index (χ1v) is 5.57. The van der Waals surface area contributed by atoms with Gasteiger partial charge >= 0.3 is 0 Å². The number of carbonyl (C=O) groups excluding carboxylic acids is 1. The van der Waals surface area contributed by atoms with Crippen molar-refractivity contribution < 1.29 is 9.18 Å². The van der Waals surface area contributed by atoms with E-state index in [1.165, 1.54) is 12.3 Å². The van der Waals surface area contributed by atoms with Gasteiger partial charge in [-0.15, -0.1) is 0 Å². The standard InChI is InChI=1S/C12H15FN2O/c1-15(9-4-2-3-5-9)12(16)10-6-7-14-8-11(10)13/h6-9H,2-5H2,1H3. The zero-order chi connectivity index (χ0) is 11.5. The van der Waals surface area contributed by atoms with Crippen molar-refractivity contribution in [3.05, 3.63) is 29.8 Å². The minimum absolute atomic E-state index is 0.115. The van der Waals surface area contributed by atoms with Gasteiger partial charge in [0.1, 0.15) is 0 Å². The predicted molar refractivity (Wildman–Crippen MR) is 58.5 cm³/mol. The number of nitrogens with zero attached hydrogens (tertiary/aromatic N) is 2. The van der Waals surface area contributed by atoms with E-state index >= 15 is 0 Å². The maximum Gasteiger partial charge on any atom is 0.256 e. The van der Waals surface area contributed by atoms with Gasteiger partial charge in [0.2, 0.25) is 0 Å². The lowest BCUT2D eigenvalue weighted by atomic mass is 10.1. The molecule has 0 aromatic carbocycles. The molecule has 0 unspecified atom stereocenters. The van der Waals surface area contributed by atoms with Crippen molar-refractivity contribution in [2.45, 2.75) is 31.7 Å². The molecular formula is C12H15FN2O. The molecule has 1 fully saturated rings. The van der Waals surface area contributed by atoms with Crippen molar-refractivity contribution in [3.8, 4) is 0 Å². The highest BCUT2D eigenvalue weighted by atomic mass is 19.1. The molecule has 0 N–H and O–H groups in total. The molecule has 1 aliphatic carbocycles. The van der Waals surface area contributed by atoms with Gasteiger partial charge < -0.3 is 4.90 Å².